The Hall–Kier alpha value is -2.87. The molecule has 0 saturated carbocycles. The number of carbonyl (C=O) groups is 1. The van der Waals surface area contributed by atoms with Crippen LogP contribution in [0.2, 0.25) is 5.02 Å². The van der Waals surface area contributed by atoms with Crippen molar-refractivity contribution in [3.8, 4) is 17.2 Å². The third-order valence-corrected chi connectivity index (χ3v) is 5.60. The maximum absolute atomic E-state index is 12.9. The van der Waals surface area contributed by atoms with Crippen LogP contribution in [0, 0.1) is 0 Å². The summed E-state index contributed by atoms with van der Waals surface area (Å²) in [5, 5.41) is 4.36. The highest BCUT2D eigenvalue weighted by Gasteiger charge is 2.17. The first-order chi connectivity index (χ1) is 15.6. The number of ether oxygens (including phenoxy) is 3. The number of aromatic nitrogens is 1. The number of pyridine rings is 1. The van der Waals surface area contributed by atoms with Crippen LogP contribution in [-0.4, -0.2) is 62.3 Å². The Labute approximate surface area is 192 Å². The molecule has 32 heavy (non-hydrogen) atoms. The molecule has 0 unspecified atom stereocenters. The third-order valence-electron chi connectivity index (χ3n) is 5.35. The van der Waals surface area contributed by atoms with E-state index < -0.39 is 0 Å². The van der Waals surface area contributed by atoms with E-state index in [0.29, 0.717) is 39.9 Å². The maximum Gasteiger partial charge on any atom is 0.255 e. The fourth-order valence-electron chi connectivity index (χ4n) is 3.64. The molecule has 1 fully saturated rings. The first-order valence-corrected chi connectivity index (χ1v) is 11.0. The van der Waals surface area contributed by atoms with Gasteiger partial charge in [-0.2, -0.15) is 0 Å². The van der Waals surface area contributed by atoms with E-state index in [0.717, 1.165) is 44.7 Å². The number of hydrogen-bond acceptors (Lipinski definition) is 6. The van der Waals surface area contributed by atoms with Crippen molar-refractivity contribution >= 4 is 28.4 Å². The van der Waals surface area contributed by atoms with Gasteiger partial charge in [0.1, 0.15) is 17.2 Å². The lowest BCUT2D eigenvalue weighted by atomic mass is 10.1. The van der Waals surface area contributed by atoms with E-state index in [1.807, 2.05) is 0 Å². The molecule has 1 amide bonds. The topological polar surface area (TPSA) is 72.9 Å². The summed E-state index contributed by atoms with van der Waals surface area (Å²) in [6.07, 6.45) is 2.53. The minimum absolute atomic E-state index is 0.188. The van der Waals surface area contributed by atoms with E-state index in [1.54, 1.807) is 55.8 Å². The molecule has 168 valence electrons. The largest absolute Gasteiger partial charge is 0.496 e. The zero-order valence-corrected chi connectivity index (χ0v) is 18.7. The van der Waals surface area contributed by atoms with E-state index >= 15 is 0 Å². The minimum Gasteiger partial charge on any atom is -0.496 e. The zero-order valence-electron chi connectivity index (χ0n) is 18.0. The first kappa shape index (κ1) is 22.3. The summed E-state index contributed by atoms with van der Waals surface area (Å²) >= 11 is 5.96. The van der Waals surface area contributed by atoms with Gasteiger partial charge in [0, 0.05) is 42.3 Å². The molecule has 0 radical (unpaired) electrons. The Morgan fingerprint density at radius 3 is 2.69 bits per heavy atom. The molecule has 1 aromatic heterocycles. The molecule has 1 aliphatic heterocycles. The smallest absolute Gasteiger partial charge is 0.255 e. The molecule has 2 heterocycles. The normalized spacial score (nSPS) is 14.3. The fraction of sp³-hybridized carbons (Fsp3) is 0.333. The molecule has 1 N–H and O–H groups in total. The lowest BCUT2D eigenvalue weighted by Crippen LogP contribution is -2.38. The van der Waals surface area contributed by atoms with Crippen LogP contribution < -0.4 is 14.8 Å². The second kappa shape index (κ2) is 10.6. The molecule has 8 heteroatoms. The number of halogens is 1. The number of nitrogens with zero attached hydrogens (tertiary/aromatic N) is 2. The predicted octanol–water partition coefficient (Wildman–Crippen LogP) is 4.14. The van der Waals surface area contributed by atoms with Crippen LogP contribution in [0.1, 0.15) is 16.8 Å². The van der Waals surface area contributed by atoms with Crippen LogP contribution in [0.25, 0.3) is 10.9 Å². The number of hydrogen-bond donors (Lipinski definition) is 1. The second-order valence-electron chi connectivity index (χ2n) is 7.50. The van der Waals surface area contributed by atoms with Crippen LogP contribution in [0.5, 0.6) is 17.2 Å². The summed E-state index contributed by atoms with van der Waals surface area (Å²) in [5.74, 6) is 1.53. The molecule has 0 spiro atoms. The Kier molecular flexibility index (Phi) is 7.42. The highest BCUT2D eigenvalue weighted by atomic mass is 35.5. The van der Waals surface area contributed by atoms with Gasteiger partial charge in [-0.25, -0.2) is 0 Å². The Bertz CT molecular complexity index is 1070. The van der Waals surface area contributed by atoms with Gasteiger partial charge in [0.25, 0.3) is 5.91 Å². The highest BCUT2D eigenvalue weighted by molar-refractivity contribution is 6.30. The van der Waals surface area contributed by atoms with Crippen LogP contribution in [0.15, 0.2) is 48.7 Å². The van der Waals surface area contributed by atoms with Gasteiger partial charge >= 0.3 is 0 Å². The van der Waals surface area contributed by atoms with Crippen molar-refractivity contribution in [2.24, 2.45) is 0 Å². The second-order valence-corrected chi connectivity index (χ2v) is 7.93. The van der Waals surface area contributed by atoms with Crippen molar-refractivity contribution in [2.45, 2.75) is 6.42 Å². The van der Waals surface area contributed by atoms with Gasteiger partial charge in [-0.05, 0) is 49.4 Å². The number of nitrogens with one attached hydrogen (secondary N) is 1. The SMILES string of the molecule is COc1cc2nccc(Oc3ccc(Cl)cc3)c2cc1C(=O)NCCCN1CCOCC1. The number of morpholine rings is 1. The van der Waals surface area contributed by atoms with Crippen molar-refractivity contribution in [2.75, 3.05) is 46.5 Å². The number of rotatable bonds is 8. The van der Waals surface area contributed by atoms with Gasteiger partial charge in [-0.1, -0.05) is 11.6 Å². The van der Waals surface area contributed by atoms with Crippen molar-refractivity contribution in [3.63, 3.8) is 0 Å². The summed E-state index contributed by atoms with van der Waals surface area (Å²) in [4.78, 5) is 19.7. The number of amides is 1. The maximum atomic E-state index is 12.9. The summed E-state index contributed by atoms with van der Waals surface area (Å²) < 4.78 is 16.9. The van der Waals surface area contributed by atoms with Crippen LogP contribution >= 0.6 is 11.6 Å². The monoisotopic (exact) mass is 455 g/mol. The molecule has 0 aliphatic carbocycles. The minimum atomic E-state index is -0.188. The Morgan fingerprint density at radius 1 is 1.16 bits per heavy atom. The molecule has 1 saturated heterocycles. The molecule has 1 aliphatic rings. The fourth-order valence-corrected chi connectivity index (χ4v) is 3.76. The highest BCUT2D eigenvalue weighted by Crippen LogP contribution is 2.33. The summed E-state index contributed by atoms with van der Waals surface area (Å²) in [5.41, 5.74) is 1.12. The first-order valence-electron chi connectivity index (χ1n) is 10.6. The van der Waals surface area contributed by atoms with Crippen molar-refractivity contribution < 1.29 is 19.0 Å². The van der Waals surface area contributed by atoms with Crippen molar-refractivity contribution in [3.05, 3.63) is 59.2 Å². The van der Waals surface area contributed by atoms with E-state index in [4.69, 9.17) is 25.8 Å². The van der Waals surface area contributed by atoms with E-state index in [1.165, 1.54) is 0 Å². The van der Waals surface area contributed by atoms with E-state index in [9.17, 15) is 4.79 Å². The zero-order chi connectivity index (χ0) is 22.3. The van der Waals surface area contributed by atoms with Crippen molar-refractivity contribution in [1.82, 2.24) is 15.2 Å². The average Bonchev–Trinajstić information content (AvgIpc) is 2.83. The van der Waals surface area contributed by atoms with Gasteiger partial charge in [0.15, 0.2) is 0 Å². The van der Waals surface area contributed by atoms with Gasteiger partial charge in [0.05, 0.1) is 31.4 Å². The predicted molar refractivity (Wildman–Crippen MR) is 124 cm³/mol. The Balaban J connectivity index is 1.49. The standard InChI is InChI=1S/C24H26ClN3O4/c1-30-23-16-21-19(22(7-9-26-21)32-18-5-3-17(25)4-6-18)15-20(23)24(29)27-8-2-10-28-11-13-31-14-12-28/h3-7,9,15-16H,2,8,10-14H2,1H3,(H,27,29). The third kappa shape index (κ3) is 5.48. The number of carbonyl (C=O) groups excluding carboxylic acids is 1. The molecule has 7 nitrogen and oxygen atoms in total. The van der Waals surface area contributed by atoms with Gasteiger partial charge < -0.3 is 19.5 Å². The van der Waals surface area contributed by atoms with E-state index in [-0.39, 0.29) is 5.91 Å². The summed E-state index contributed by atoms with van der Waals surface area (Å²) in [6, 6.07) is 12.4. The molecule has 3 aromatic rings. The molecule has 4 rings (SSSR count). The van der Waals surface area contributed by atoms with Crippen LogP contribution in [0.4, 0.5) is 0 Å². The van der Waals surface area contributed by atoms with Crippen molar-refractivity contribution in [1.29, 1.82) is 0 Å². The summed E-state index contributed by atoms with van der Waals surface area (Å²) in [7, 11) is 1.55. The lowest BCUT2D eigenvalue weighted by Gasteiger charge is -2.26. The number of benzene rings is 2. The molecule has 0 bridgehead atoms. The van der Waals surface area contributed by atoms with Gasteiger partial charge in [0.2, 0.25) is 0 Å². The van der Waals surface area contributed by atoms with E-state index in [2.05, 4.69) is 15.2 Å². The van der Waals surface area contributed by atoms with Crippen LogP contribution in [0.3, 0.4) is 0 Å². The van der Waals surface area contributed by atoms with Gasteiger partial charge in [-0.3, -0.25) is 14.7 Å². The molecule has 0 atom stereocenters. The van der Waals surface area contributed by atoms with Gasteiger partial charge in [-0.15, -0.1) is 0 Å². The van der Waals surface area contributed by atoms with Crippen LogP contribution in [-0.2, 0) is 4.74 Å². The number of methoxy groups -OCH3 is 1. The Morgan fingerprint density at radius 2 is 1.94 bits per heavy atom. The average molecular weight is 456 g/mol. The molecular weight excluding hydrogens is 430 g/mol. The quantitative estimate of drug-likeness (QED) is 0.514. The number of fused-ring (bicyclic) bond motifs is 1. The lowest BCUT2D eigenvalue weighted by molar-refractivity contribution is 0.0374. The summed E-state index contributed by atoms with van der Waals surface area (Å²) in [6.45, 7) is 4.94. The molecular formula is C24H26ClN3O4. The molecule has 2 aromatic carbocycles.